The Labute approximate surface area is 76.0 Å². The van der Waals surface area contributed by atoms with Gasteiger partial charge in [-0.2, -0.15) is 0 Å². The Balaban J connectivity index is 1.86. The number of hydrogen-bond donors (Lipinski definition) is 1. The molecule has 0 radical (unpaired) electrons. The van der Waals surface area contributed by atoms with Gasteiger partial charge in [-0.05, 0) is 0 Å². The Hall–Kier alpha value is -0.260. The second kappa shape index (κ2) is 3.86. The second-order valence-electron chi connectivity index (χ2n) is 3.71. The largest absolute Gasteiger partial charge is 0.378 e. The molecule has 0 aliphatic carbocycles. The van der Waals surface area contributed by atoms with E-state index in [1.807, 2.05) is 4.90 Å². The van der Waals surface area contributed by atoms with Crippen molar-refractivity contribution < 1.29 is 13.5 Å². The molecule has 0 amide bonds. The summed E-state index contributed by atoms with van der Waals surface area (Å²) in [7, 11) is 0. The van der Waals surface area contributed by atoms with Crippen molar-refractivity contribution in [2.75, 3.05) is 32.8 Å². The average molecular weight is 192 g/mol. The van der Waals surface area contributed by atoms with E-state index in [0.29, 0.717) is 26.3 Å². The number of rotatable bonds is 2. The zero-order valence-corrected chi connectivity index (χ0v) is 7.38. The summed E-state index contributed by atoms with van der Waals surface area (Å²) in [4.78, 5) is 1.82. The Bertz CT molecular complexity index is 168. The molecule has 13 heavy (non-hydrogen) atoms. The topological polar surface area (TPSA) is 24.5 Å². The van der Waals surface area contributed by atoms with Crippen molar-refractivity contribution >= 4 is 0 Å². The number of piperazine rings is 1. The Morgan fingerprint density at radius 2 is 1.92 bits per heavy atom. The fourth-order valence-electron chi connectivity index (χ4n) is 2.04. The highest BCUT2D eigenvalue weighted by Gasteiger charge is 2.31. The van der Waals surface area contributed by atoms with Gasteiger partial charge in [-0.3, -0.25) is 4.90 Å². The number of alkyl halides is 2. The highest BCUT2D eigenvalue weighted by atomic mass is 19.3. The summed E-state index contributed by atoms with van der Waals surface area (Å²) in [6.07, 6.45) is -2.22. The minimum Gasteiger partial charge on any atom is -0.378 e. The molecule has 0 saturated carbocycles. The van der Waals surface area contributed by atoms with E-state index in [-0.39, 0.29) is 18.6 Å². The van der Waals surface area contributed by atoms with Gasteiger partial charge in [-0.25, -0.2) is 8.78 Å². The Morgan fingerprint density at radius 1 is 1.31 bits per heavy atom. The molecule has 2 saturated heterocycles. The first-order valence-electron chi connectivity index (χ1n) is 4.58. The van der Waals surface area contributed by atoms with Crippen LogP contribution in [-0.4, -0.2) is 56.3 Å². The summed E-state index contributed by atoms with van der Waals surface area (Å²) in [5.74, 6) is 0. The monoisotopic (exact) mass is 192 g/mol. The predicted molar refractivity (Wildman–Crippen MR) is 44.0 cm³/mol. The third-order valence-corrected chi connectivity index (χ3v) is 2.46. The maximum Gasteiger partial charge on any atom is 0.251 e. The zero-order chi connectivity index (χ0) is 9.26. The molecule has 2 fully saturated rings. The van der Waals surface area contributed by atoms with Gasteiger partial charge in [0, 0.05) is 25.2 Å². The number of ether oxygens (including phenoxy) is 1. The lowest BCUT2D eigenvalue weighted by molar-refractivity contribution is -0.0217. The van der Waals surface area contributed by atoms with Crippen LogP contribution in [0.15, 0.2) is 0 Å². The molecule has 2 aliphatic rings. The van der Waals surface area contributed by atoms with Gasteiger partial charge in [-0.15, -0.1) is 0 Å². The van der Waals surface area contributed by atoms with Crippen molar-refractivity contribution in [1.29, 1.82) is 0 Å². The third-order valence-electron chi connectivity index (χ3n) is 2.46. The molecular formula is C8H14F2N2O. The number of fused-ring (bicyclic) bond motifs is 2. The first-order valence-corrected chi connectivity index (χ1v) is 4.58. The van der Waals surface area contributed by atoms with Gasteiger partial charge in [0.15, 0.2) is 0 Å². The summed E-state index contributed by atoms with van der Waals surface area (Å²) >= 11 is 0. The van der Waals surface area contributed by atoms with Crippen LogP contribution in [0.2, 0.25) is 0 Å². The van der Waals surface area contributed by atoms with Gasteiger partial charge in [0.25, 0.3) is 6.43 Å². The van der Waals surface area contributed by atoms with E-state index in [4.69, 9.17) is 4.74 Å². The molecule has 3 nitrogen and oxygen atoms in total. The molecule has 0 spiro atoms. The molecule has 2 atom stereocenters. The van der Waals surface area contributed by atoms with E-state index in [0.717, 1.165) is 0 Å². The van der Waals surface area contributed by atoms with Gasteiger partial charge in [0.05, 0.1) is 19.8 Å². The predicted octanol–water partition coefficient (Wildman–Crippen LogP) is -0.0759. The van der Waals surface area contributed by atoms with Gasteiger partial charge in [0.2, 0.25) is 0 Å². The smallest absolute Gasteiger partial charge is 0.251 e. The number of nitrogens with zero attached hydrogens (tertiary/aromatic N) is 1. The molecule has 1 N–H and O–H groups in total. The van der Waals surface area contributed by atoms with Gasteiger partial charge in [0.1, 0.15) is 0 Å². The van der Waals surface area contributed by atoms with Crippen LogP contribution in [0.25, 0.3) is 0 Å². The molecule has 2 bridgehead atoms. The molecule has 0 aromatic heterocycles. The summed E-state index contributed by atoms with van der Waals surface area (Å²) in [6.45, 7) is 2.56. The first-order chi connectivity index (χ1) is 6.24. The molecule has 2 heterocycles. The molecule has 2 rings (SSSR count). The van der Waals surface area contributed by atoms with E-state index in [2.05, 4.69) is 5.32 Å². The lowest BCUT2D eigenvalue weighted by atomic mass is 10.1. The van der Waals surface area contributed by atoms with Gasteiger partial charge >= 0.3 is 0 Å². The maximum atomic E-state index is 12.1. The van der Waals surface area contributed by atoms with E-state index in [9.17, 15) is 8.78 Å². The lowest BCUT2D eigenvalue weighted by Crippen LogP contribution is -2.63. The van der Waals surface area contributed by atoms with Crippen LogP contribution < -0.4 is 5.32 Å². The Kier molecular flexibility index (Phi) is 2.76. The normalized spacial score (nSPS) is 35.3. The molecule has 2 aliphatic heterocycles. The van der Waals surface area contributed by atoms with Gasteiger partial charge < -0.3 is 10.1 Å². The van der Waals surface area contributed by atoms with Crippen LogP contribution in [0, 0.1) is 0 Å². The van der Waals surface area contributed by atoms with Crippen molar-refractivity contribution in [2.45, 2.75) is 18.5 Å². The van der Waals surface area contributed by atoms with Gasteiger partial charge in [-0.1, -0.05) is 0 Å². The highest BCUT2D eigenvalue weighted by Crippen LogP contribution is 2.11. The van der Waals surface area contributed by atoms with E-state index in [1.165, 1.54) is 0 Å². The van der Waals surface area contributed by atoms with Crippen LogP contribution in [0.3, 0.4) is 0 Å². The standard InChI is InChI=1S/C8H14F2N2O/c9-8(10)3-12-1-6-4-13-5-7(2-12)11-6/h6-8,11H,1-5H2. The maximum absolute atomic E-state index is 12.1. The summed E-state index contributed by atoms with van der Waals surface area (Å²) < 4.78 is 29.5. The van der Waals surface area contributed by atoms with E-state index < -0.39 is 6.43 Å². The number of halogens is 2. The number of hydrogen-bond acceptors (Lipinski definition) is 3. The quantitative estimate of drug-likeness (QED) is 0.662. The van der Waals surface area contributed by atoms with Crippen molar-refractivity contribution in [3.8, 4) is 0 Å². The third kappa shape index (κ3) is 2.36. The van der Waals surface area contributed by atoms with Crippen LogP contribution in [-0.2, 0) is 4.74 Å². The highest BCUT2D eigenvalue weighted by molar-refractivity contribution is 4.88. The molecule has 76 valence electrons. The molecule has 0 aromatic rings. The van der Waals surface area contributed by atoms with Crippen molar-refractivity contribution in [1.82, 2.24) is 10.2 Å². The minimum atomic E-state index is -2.22. The minimum absolute atomic E-state index is 0.102. The molecule has 2 unspecified atom stereocenters. The number of morpholine rings is 1. The van der Waals surface area contributed by atoms with Crippen molar-refractivity contribution in [3.63, 3.8) is 0 Å². The first kappa shape index (κ1) is 9.30. The lowest BCUT2D eigenvalue weighted by Gasteiger charge is -2.42. The molecule has 5 heteroatoms. The van der Waals surface area contributed by atoms with Crippen LogP contribution >= 0.6 is 0 Å². The van der Waals surface area contributed by atoms with Crippen molar-refractivity contribution in [3.05, 3.63) is 0 Å². The Morgan fingerprint density at radius 3 is 2.46 bits per heavy atom. The SMILES string of the molecule is FC(F)CN1CC2COCC(C1)N2. The second-order valence-corrected chi connectivity index (χ2v) is 3.71. The summed E-state index contributed by atoms with van der Waals surface area (Å²) in [5.41, 5.74) is 0. The average Bonchev–Trinajstić information content (AvgIpc) is 2.01. The van der Waals surface area contributed by atoms with Crippen LogP contribution in [0.4, 0.5) is 8.78 Å². The van der Waals surface area contributed by atoms with Crippen LogP contribution in [0.5, 0.6) is 0 Å². The summed E-state index contributed by atoms with van der Waals surface area (Å²) in [6, 6.07) is 0.484. The molecular weight excluding hydrogens is 178 g/mol. The fourth-order valence-corrected chi connectivity index (χ4v) is 2.04. The molecule has 0 aromatic carbocycles. The number of nitrogens with one attached hydrogen (secondary N) is 1. The van der Waals surface area contributed by atoms with E-state index in [1.54, 1.807) is 0 Å². The van der Waals surface area contributed by atoms with Crippen molar-refractivity contribution in [2.24, 2.45) is 0 Å². The van der Waals surface area contributed by atoms with E-state index >= 15 is 0 Å². The van der Waals surface area contributed by atoms with Crippen LogP contribution in [0.1, 0.15) is 0 Å². The zero-order valence-electron chi connectivity index (χ0n) is 7.38. The summed E-state index contributed by atoms with van der Waals surface area (Å²) in [5, 5.41) is 3.34. The fraction of sp³-hybridized carbons (Fsp3) is 1.00.